The maximum atomic E-state index is 3.55. The van der Waals surface area contributed by atoms with E-state index in [9.17, 15) is 0 Å². The standard InChI is InChI=1S/C11H20N2.2ClH/c1-2-6-13(5-1)11-4-3-9-7-12-8-10(9)11;;/h9-12H,1-8H2;2*1H. The van der Waals surface area contributed by atoms with E-state index >= 15 is 0 Å². The predicted molar refractivity (Wildman–Crippen MR) is 68.2 cm³/mol. The van der Waals surface area contributed by atoms with Crippen LogP contribution in [-0.4, -0.2) is 37.1 Å². The van der Waals surface area contributed by atoms with Crippen LogP contribution < -0.4 is 5.32 Å². The van der Waals surface area contributed by atoms with Gasteiger partial charge in [-0.1, -0.05) is 0 Å². The topological polar surface area (TPSA) is 15.3 Å². The summed E-state index contributed by atoms with van der Waals surface area (Å²) in [4.78, 5) is 2.76. The fraction of sp³-hybridized carbons (Fsp3) is 1.00. The molecule has 90 valence electrons. The van der Waals surface area contributed by atoms with Crippen molar-refractivity contribution >= 4 is 24.8 Å². The van der Waals surface area contributed by atoms with Gasteiger partial charge in [-0.05, 0) is 63.7 Å². The molecule has 0 radical (unpaired) electrons. The Morgan fingerprint density at radius 1 is 0.933 bits per heavy atom. The van der Waals surface area contributed by atoms with Crippen molar-refractivity contribution in [1.82, 2.24) is 10.2 Å². The Labute approximate surface area is 105 Å². The zero-order valence-electron chi connectivity index (χ0n) is 9.15. The average Bonchev–Trinajstić information content (AvgIpc) is 2.79. The molecule has 0 amide bonds. The van der Waals surface area contributed by atoms with Crippen molar-refractivity contribution in [2.75, 3.05) is 26.2 Å². The van der Waals surface area contributed by atoms with E-state index in [1.54, 1.807) is 0 Å². The summed E-state index contributed by atoms with van der Waals surface area (Å²) in [7, 11) is 0. The Morgan fingerprint density at radius 2 is 1.67 bits per heavy atom. The predicted octanol–water partition coefficient (Wildman–Crippen LogP) is 1.92. The molecular weight excluding hydrogens is 231 g/mol. The summed E-state index contributed by atoms with van der Waals surface area (Å²) < 4.78 is 0. The summed E-state index contributed by atoms with van der Waals surface area (Å²) >= 11 is 0. The van der Waals surface area contributed by atoms with Gasteiger partial charge in [0, 0.05) is 6.04 Å². The molecule has 2 aliphatic heterocycles. The number of nitrogens with zero attached hydrogens (tertiary/aromatic N) is 1. The second kappa shape index (κ2) is 5.72. The third kappa shape index (κ3) is 2.44. The Bertz CT molecular complexity index is 195. The number of halogens is 2. The summed E-state index contributed by atoms with van der Waals surface area (Å²) in [6, 6.07) is 0.947. The van der Waals surface area contributed by atoms with Crippen LogP contribution in [-0.2, 0) is 0 Å². The highest BCUT2D eigenvalue weighted by Gasteiger charge is 2.42. The van der Waals surface area contributed by atoms with Gasteiger partial charge < -0.3 is 10.2 Å². The first-order valence-electron chi connectivity index (χ1n) is 5.90. The van der Waals surface area contributed by atoms with Crippen LogP contribution in [0.5, 0.6) is 0 Å². The summed E-state index contributed by atoms with van der Waals surface area (Å²) in [5.41, 5.74) is 0. The molecule has 1 aliphatic carbocycles. The molecule has 3 unspecified atom stereocenters. The highest BCUT2D eigenvalue weighted by Crippen LogP contribution is 2.38. The smallest absolute Gasteiger partial charge is 0.0139 e. The Balaban J connectivity index is 0.000000562. The Morgan fingerprint density at radius 3 is 2.40 bits per heavy atom. The summed E-state index contributed by atoms with van der Waals surface area (Å²) in [5.74, 6) is 2.02. The lowest BCUT2D eigenvalue weighted by atomic mass is 9.97. The zero-order chi connectivity index (χ0) is 8.67. The van der Waals surface area contributed by atoms with Gasteiger partial charge in [0.2, 0.25) is 0 Å². The first-order valence-corrected chi connectivity index (χ1v) is 5.90. The van der Waals surface area contributed by atoms with Gasteiger partial charge in [0.25, 0.3) is 0 Å². The lowest BCUT2D eigenvalue weighted by molar-refractivity contribution is 0.196. The zero-order valence-corrected chi connectivity index (χ0v) is 10.8. The molecule has 0 aromatic carbocycles. The normalized spacial score (nSPS) is 39.6. The molecule has 2 saturated heterocycles. The minimum atomic E-state index is 0. The molecule has 15 heavy (non-hydrogen) atoms. The molecule has 3 aliphatic rings. The van der Waals surface area contributed by atoms with Crippen LogP contribution >= 0.6 is 24.8 Å². The third-order valence-corrected chi connectivity index (χ3v) is 4.33. The van der Waals surface area contributed by atoms with E-state index in [4.69, 9.17) is 0 Å². The van der Waals surface area contributed by atoms with Crippen LogP contribution in [0.25, 0.3) is 0 Å². The van der Waals surface area contributed by atoms with Crippen molar-refractivity contribution in [2.24, 2.45) is 11.8 Å². The molecule has 3 atom stereocenters. The van der Waals surface area contributed by atoms with Crippen molar-refractivity contribution in [1.29, 1.82) is 0 Å². The second-order valence-corrected chi connectivity index (χ2v) is 4.97. The second-order valence-electron chi connectivity index (χ2n) is 4.97. The molecule has 1 N–H and O–H groups in total. The quantitative estimate of drug-likeness (QED) is 0.768. The molecule has 2 heterocycles. The minimum absolute atomic E-state index is 0. The first-order chi connectivity index (χ1) is 6.45. The average molecular weight is 253 g/mol. The van der Waals surface area contributed by atoms with E-state index < -0.39 is 0 Å². The van der Waals surface area contributed by atoms with Crippen LogP contribution in [0.1, 0.15) is 25.7 Å². The fourth-order valence-corrected chi connectivity index (χ4v) is 3.65. The van der Waals surface area contributed by atoms with Crippen molar-refractivity contribution in [3.05, 3.63) is 0 Å². The first kappa shape index (κ1) is 13.6. The molecular formula is C11H22Cl2N2. The Kier molecular flexibility index (Phi) is 5.17. The van der Waals surface area contributed by atoms with E-state index in [0.29, 0.717) is 0 Å². The van der Waals surface area contributed by atoms with Crippen molar-refractivity contribution in [3.8, 4) is 0 Å². The Hall–Kier alpha value is 0.500. The van der Waals surface area contributed by atoms with Gasteiger partial charge in [0.15, 0.2) is 0 Å². The molecule has 0 aromatic rings. The van der Waals surface area contributed by atoms with Crippen LogP contribution in [0.3, 0.4) is 0 Å². The summed E-state index contributed by atoms with van der Waals surface area (Å²) in [6.07, 6.45) is 5.86. The molecule has 0 spiro atoms. The van der Waals surface area contributed by atoms with Gasteiger partial charge in [-0.2, -0.15) is 0 Å². The molecule has 0 aromatic heterocycles. The number of fused-ring (bicyclic) bond motifs is 1. The fourth-order valence-electron chi connectivity index (χ4n) is 3.65. The van der Waals surface area contributed by atoms with Crippen LogP contribution in [0.4, 0.5) is 0 Å². The lowest BCUT2D eigenvalue weighted by Crippen LogP contribution is -2.37. The molecule has 3 fully saturated rings. The highest BCUT2D eigenvalue weighted by molar-refractivity contribution is 5.85. The molecule has 4 heteroatoms. The summed E-state index contributed by atoms with van der Waals surface area (Å²) in [5, 5.41) is 3.55. The minimum Gasteiger partial charge on any atom is -0.316 e. The number of hydrogen-bond donors (Lipinski definition) is 1. The molecule has 2 nitrogen and oxygen atoms in total. The third-order valence-electron chi connectivity index (χ3n) is 4.33. The van der Waals surface area contributed by atoms with Crippen LogP contribution in [0.2, 0.25) is 0 Å². The van der Waals surface area contributed by atoms with Gasteiger partial charge >= 0.3 is 0 Å². The van der Waals surface area contributed by atoms with Crippen molar-refractivity contribution in [2.45, 2.75) is 31.7 Å². The number of likely N-dealkylation sites (tertiary alicyclic amines) is 1. The van der Waals surface area contributed by atoms with Gasteiger partial charge in [-0.15, -0.1) is 24.8 Å². The van der Waals surface area contributed by atoms with E-state index in [1.165, 1.54) is 51.9 Å². The van der Waals surface area contributed by atoms with E-state index in [-0.39, 0.29) is 24.8 Å². The SMILES string of the molecule is C1CCN(C2CCC3CNCC32)C1.Cl.Cl. The van der Waals surface area contributed by atoms with Gasteiger partial charge in [0.1, 0.15) is 0 Å². The molecule has 1 saturated carbocycles. The van der Waals surface area contributed by atoms with Gasteiger partial charge in [-0.25, -0.2) is 0 Å². The van der Waals surface area contributed by atoms with E-state index in [1.807, 2.05) is 0 Å². The largest absolute Gasteiger partial charge is 0.316 e. The van der Waals surface area contributed by atoms with Crippen LogP contribution in [0, 0.1) is 11.8 Å². The maximum absolute atomic E-state index is 3.55. The highest BCUT2D eigenvalue weighted by atomic mass is 35.5. The van der Waals surface area contributed by atoms with Crippen molar-refractivity contribution in [3.63, 3.8) is 0 Å². The van der Waals surface area contributed by atoms with Gasteiger partial charge in [0.05, 0.1) is 0 Å². The molecule has 0 bridgehead atoms. The number of nitrogens with one attached hydrogen (secondary N) is 1. The number of rotatable bonds is 1. The lowest BCUT2D eigenvalue weighted by Gasteiger charge is -2.28. The monoisotopic (exact) mass is 252 g/mol. The van der Waals surface area contributed by atoms with E-state index in [2.05, 4.69) is 10.2 Å². The maximum Gasteiger partial charge on any atom is 0.0139 e. The number of hydrogen-bond acceptors (Lipinski definition) is 2. The van der Waals surface area contributed by atoms with E-state index in [0.717, 1.165) is 17.9 Å². The van der Waals surface area contributed by atoms with Crippen molar-refractivity contribution < 1.29 is 0 Å². The molecule has 3 rings (SSSR count). The summed E-state index contributed by atoms with van der Waals surface area (Å²) in [6.45, 7) is 5.36. The van der Waals surface area contributed by atoms with Crippen LogP contribution in [0.15, 0.2) is 0 Å². The van der Waals surface area contributed by atoms with Gasteiger partial charge in [-0.3, -0.25) is 0 Å².